The van der Waals surface area contributed by atoms with E-state index < -0.39 is 5.60 Å². The average molecular weight is 302 g/mol. The highest BCUT2D eigenvalue weighted by molar-refractivity contribution is 4.94. The van der Waals surface area contributed by atoms with E-state index in [1.165, 1.54) is 38.5 Å². The van der Waals surface area contributed by atoms with Gasteiger partial charge in [0.25, 0.3) is 0 Å². The summed E-state index contributed by atoms with van der Waals surface area (Å²) in [6.07, 6.45) is 13.8. The second-order valence-electron chi connectivity index (χ2n) is 6.93. The van der Waals surface area contributed by atoms with Crippen molar-refractivity contribution in [1.82, 2.24) is 6.15 Å². The molecule has 0 aliphatic rings. The monoisotopic (exact) mass is 301 g/mol. The average Bonchev–Trinajstić information content (AvgIpc) is 2.44. The molecule has 0 heterocycles. The van der Waals surface area contributed by atoms with Crippen LogP contribution in [0.1, 0.15) is 112 Å². The van der Waals surface area contributed by atoms with Gasteiger partial charge in [0.05, 0.1) is 0 Å². The molecule has 0 amide bonds. The molecular weight excluding hydrogens is 258 g/mol. The van der Waals surface area contributed by atoms with Crippen molar-refractivity contribution in [1.29, 1.82) is 0 Å². The molecule has 0 aliphatic heterocycles. The van der Waals surface area contributed by atoms with E-state index in [1.54, 1.807) is 0 Å². The van der Waals surface area contributed by atoms with Crippen molar-refractivity contribution in [2.75, 3.05) is 0 Å². The Kier molecular flexibility index (Phi) is 13.8. The molecule has 0 bridgehead atoms. The van der Waals surface area contributed by atoms with E-state index >= 15 is 0 Å². The molecule has 0 rings (SSSR count). The summed E-state index contributed by atoms with van der Waals surface area (Å²) >= 11 is 0. The predicted octanol–water partition coefficient (Wildman–Crippen LogP) is 6.23. The van der Waals surface area contributed by atoms with E-state index in [0.29, 0.717) is 0 Å². The Bertz CT molecular complexity index is 204. The first-order valence-electron chi connectivity index (χ1n) is 9.20. The molecule has 4 N–H and O–H groups in total. The molecule has 2 heteroatoms. The first-order valence-corrected chi connectivity index (χ1v) is 9.20. The quantitative estimate of drug-likeness (QED) is 0.430. The lowest BCUT2D eigenvalue weighted by Crippen LogP contribution is -2.56. The van der Waals surface area contributed by atoms with Crippen LogP contribution in [0.15, 0.2) is 0 Å². The highest BCUT2D eigenvalue weighted by atomic mass is 16.3. The number of hydrogen-bond acceptors (Lipinski definition) is 1. The molecule has 0 aromatic carbocycles. The fraction of sp³-hybridized carbons (Fsp3) is 1.00. The van der Waals surface area contributed by atoms with Gasteiger partial charge in [-0.3, -0.25) is 0 Å². The maximum atomic E-state index is 13.4. The Hall–Kier alpha value is -0.0800. The largest absolute Gasteiger partial charge is 0.849 e. The molecule has 0 fully saturated rings. The van der Waals surface area contributed by atoms with E-state index in [0.717, 1.165) is 38.5 Å². The number of unbranched alkanes of at least 4 members (excludes halogenated alkanes) is 4. The fourth-order valence-electron chi connectivity index (χ4n) is 3.49. The summed E-state index contributed by atoms with van der Waals surface area (Å²) in [5, 5.41) is 13.4. The van der Waals surface area contributed by atoms with Crippen molar-refractivity contribution in [2.24, 2.45) is 5.41 Å². The van der Waals surface area contributed by atoms with Crippen LogP contribution in [-0.4, -0.2) is 5.60 Å². The Morgan fingerprint density at radius 2 is 0.905 bits per heavy atom. The molecule has 130 valence electrons. The van der Waals surface area contributed by atoms with E-state index in [2.05, 4.69) is 27.7 Å². The molecule has 0 radical (unpaired) electrons. The number of quaternary nitrogens is 1. The smallest absolute Gasteiger partial charge is 0.0396 e. The van der Waals surface area contributed by atoms with Crippen molar-refractivity contribution in [3.8, 4) is 0 Å². The summed E-state index contributed by atoms with van der Waals surface area (Å²) in [5.41, 5.74) is -0.688. The third-order valence-electron chi connectivity index (χ3n) is 5.16. The number of rotatable bonds is 13. The first-order chi connectivity index (χ1) is 9.49. The van der Waals surface area contributed by atoms with Crippen molar-refractivity contribution in [3.05, 3.63) is 0 Å². The second-order valence-corrected chi connectivity index (χ2v) is 6.93. The second kappa shape index (κ2) is 12.5. The minimum Gasteiger partial charge on any atom is -0.849 e. The van der Waals surface area contributed by atoms with Crippen LogP contribution < -0.4 is 11.3 Å². The van der Waals surface area contributed by atoms with Gasteiger partial charge in [-0.2, -0.15) is 0 Å². The molecule has 2 nitrogen and oxygen atoms in total. The molecule has 0 saturated carbocycles. The zero-order valence-corrected chi connectivity index (χ0v) is 15.9. The lowest BCUT2D eigenvalue weighted by molar-refractivity contribution is -0.507. The lowest BCUT2D eigenvalue weighted by Gasteiger charge is -2.56. The van der Waals surface area contributed by atoms with Gasteiger partial charge in [-0.25, -0.2) is 0 Å². The van der Waals surface area contributed by atoms with Crippen molar-refractivity contribution in [3.63, 3.8) is 0 Å². The van der Waals surface area contributed by atoms with E-state index in [1.807, 2.05) is 6.92 Å². The summed E-state index contributed by atoms with van der Waals surface area (Å²) < 4.78 is 0. The maximum absolute atomic E-state index is 13.4. The predicted molar refractivity (Wildman–Crippen MR) is 94.9 cm³/mol. The summed E-state index contributed by atoms with van der Waals surface area (Å²) in [6.45, 7) is 11.0. The van der Waals surface area contributed by atoms with E-state index in [9.17, 15) is 5.11 Å². The molecule has 1 atom stereocenters. The third kappa shape index (κ3) is 7.65. The molecule has 1 unspecified atom stereocenters. The molecule has 0 saturated heterocycles. The Balaban J connectivity index is 0. The summed E-state index contributed by atoms with van der Waals surface area (Å²) in [4.78, 5) is 0. The van der Waals surface area contributed by atoms with Crippen molar-refractivity contribution in [2.45, 2.75) is 117 Å². The standard InChI is InChI=1S/C19H39O.H3N/c1-6-10-14-18(5,20)19(15-11-7-2,16-12-8-3)17-13-9-4;/h6-17H2,1-5H3;1H3/q-1;/p+1. The van der Waals surface area contributed by atoms with Gasteiger partial charge in [-0.1, -0.05) is 92.4 Å². The van der Waals surface area contributed by atoms with Gasteiger partial charge >= 0.3 is 0 Å². The van der Waals surface area contributed by atoms with Crippen molar-refractivity contribution >= 4 is 0 Å². The van der Waals surface area contributed by atoms with E-state index in [-0.39, 0.29) is 11.6 Å². The molecule has 0 aromatic rings. The minimum absolute atomic E-state index is 0. The zero-order chi connectivity index (χ0) is 15.5. The van der Waals surface area contributed by atoms with Gasteiger partial charge in [0.1, 0.15) is 0 Å². The topological polar surface area (TPSA) is 59.6 Å². The molecule has 21 heavy (non-hydrogen) atoms. The van der Waals surface area contributed by atoms with Crippen LogP contribution in [0.5, 0.6) is 0 Å². The van der Waals surface area contributed by atoms with Crippen LogP contribution >= 0.6 is 0 Å². The molecule has 0 aliphatic carbocycles. The van der Waals surface area contributed by atoms with Gasteiger partial charge in [-0.15, -0.1) is 5.60 Å². The van der Waals surface area contributed by atoms with Crippen LogP contribution in [0.3, 0.4) is 0 Å². The molecule has 0 aromatic heterocycles. The molecule has 0 spiro atoms. The highest BCUT2D eigenvalue weighted by Gasteiger charge is 2.37. The minimum atomic E-state index is -0.734. The summed E-state index contributed by atoms with van der Waals surface area (Å²) in [5.74, 6) is 0. The Labute approximate surface area is 134 Å². The van der Waals surface area contributed by atoms with Crippen LogP contribution in [0, 0.1) is 5.41 Å². The van der Waals surface area contributed by atoms with Gasteiger partial charge in [0.2, 0.25) is 0 Å². The Morgan fingerprint density at radius 1 is 0.619 bits per heavy atom. The van der Waals surface area contributed by atoms with E-state index in [4.69, 9.17) is 0 Å². The van der Waals surface area contributed by atoms with Crippen LogP contribution in [-0.2, 0) is 0 Å². The van der Waals surface area contributed by atoms with Crippen LogP contribution in [0.4, 0.5) is 0 Å². The first kappa shape index (κ1) is 23.2. The third-order valence-corrected chi connectivity index (χ3v) is 5.16. The SMILES string of the molecule is CCCCC(C)([O-])C(CCCC)(CCCC)CCCC.[NH4+]. The fourth-order valence-corrected chi connectivity index (χ4v) is 3.49. The summed E-state index contributed by atoms with van der Waals surface area (Å²) in [7, 11) is 0. The van der Waals surface area contributed by atoms with Gasteiger partial charge in [-0.05, 0) is 24.7 Å². The van der Waals surface area contributed by atoms with Crippen molar-refractivity contribution < 1.29 is 5.11 Å². The van der Waals surface area contributed by atoms with Crippen LogP contribution in [0.2, 0.25) is 0 Å². The van der Waals surface area contributed by atoms with Gasteiger partial charge in [0, 0.05) is 0 Å². The maximum Gasteiger partial charge on any atom is -0.0396 e. The van der Waals surface area contributed by atoms with Gasteiger partial charge < -0.3 is 11.3 Å². The molecular formula is C19H43NO. The normalized spacial score (nSPS) is 14.6. The zero-order valence-electron chi connectivity index (χ0n) is 15.9. The number of hydrogen-bond donors (Lipinski definition) is 1. The Morgan fingerprint density at radius 3 is 1.19 bits per heavy atom. The highest BCUT2D eigenvalue weighted by Crippen LogP contribution is 2.46. The van der Waals surface area contributed by atoms with Crippen LogP contribution in [0.25, 0.3) is 0 Å². The lowest BCUT2D eigenvalue weighted by atomic mass is 9.62. The summed E-state index contributed by atoms with van der Waals surface area (Å²) in [6, 6.07) is 0. The van der Waals surface area contributed by atoms with Gasteiger partial charge in [0.15, 0.2) is 0 Å².